The predicted octanol–water partition coefficient (Wildman–Crippen LogP) is 1.77. The Hall–Kier alpha value is -0.870. The van der Waals surface area contributed by atoms with Crippen LogP contribution in [0.15, 0.2) is 34.2 Å². The lowest BCUT2D eigenvalue weighted by molar-refractivity contribution is 0.519. The Morgan fingerprint density at radius 2 is 1.96 bits per heavy atom. The average Bonchev–Trinajstić information content (AvgIpc) is 3.29. The molecule has 1 aromatic carbocycles. The zero-order chi connectivity index (χ0) is 16.2. The van der Waals surface area contributed by atoms with E-state index in [1.54, 1.807) is 18.2 Å². The zero-order valence-corrected chi connectivity index (χ0v) is 16.9. The Kier molecular flexibility index (Phi) is 7.75. The summed E-state index contributed by atoms with van der Waals surface area (Å²) in [5.41, 5.74) is 0.698. The van der Waals surface area contributed by atoms with Crippen LogP contribution in [-0.2, 0) is 16.6 Å². The van der Waals surface area contributed by atoms with Gasteiger partial charge in [-0.1, -0.05) is 18.2 Å². The number of aliphatic imine (C=N–C) groups is 1. The second-order valence-corrected chi connectivity index (χ2v) is 7.63. The first kappa shape index (κ1) is 20.2. The highest BCUT2D eigenvalue weighted by Gasteiger charge is 2.23. The summed E-state index contributed by atoms with van der Waals surface area (Å²) in [7, 11) is -0.384. The van der Waals surface area contributed by atoms with Crippen molar-refractivity contribution >= 4 is 40.0 Å². The van der Waals surface area contributed by atoms with Crippen molar-refractivity contribution in [2.45, 2.75) is 37.2 Å². The third kappa shape index (κ3) is 5.61. The van der Waals surface area contributed by atoms with Crippen molar-refractivity contribution in [1.82, 2.24) is 14.9 Å². The normalized spacial score (nSPS) is 15.2. The van der Waals surface area contributed by atoms with Crippen molar-refractivity contribution in [3.63, 3.8) is 0 Å². The standard InChI is InChI=1S/C15H24N4O2S.HI/c1-4-16-15(18-13-9-10-13)17-11-12-7-5-6-8-14(12)22(20,21)19(2)3;/h5-8,13H,4,9-11H2,1-3H3,(H2,16,17,18);1H. The summed E-state index contributed by atoms with van der Waals surface area (Å²) in [5.74, 6) is 0.738. The first-order chi connectivity index (χ1) is 10.4. The van der Waals surface area contributed by atoms with Crippen LogP contribution in [0, 0.1) is 0 Å². The van der Waals surface area contributed by atoms with Gasteiger partial charge in [0.25, 0.3) is 0 Å². The molecule has 0 saturated heterocycles. The van der Waals surface area contributed by atoms with Crippen molar-refractivity contribution in [2.24, 2.45) is 4.99 Å². The molecule has 0 aliphatic heterocycles. The van der Waals surface area contributed by atoms with Gasteiger partial charge in [-0.25, -0.2) is 17.7 Å². The number of nitrogens with zero attached hydrogens (tertiary/aromatic N) is 2. The molecule has 0 atom stereocenters. The summed E-state index contributed by atoms with van der Waals surface area (Å²) < 4.78 is 25.9. The lowest BCUT2D eigenvalue weighted by Gasteiger charge is -2.15. The number of hydrogen-bond donors (Lipinski definition) is 2. The molecule has 23 heavy (non-hydrogen) atoms. The van der Waals surface area contributed by atoms with E-state index in [9.17, 15) is 8.42 Å². The number of nitrogens with one attached hydrogen (secondary N) is 2. The molecule has 0 amide bonds. The molecule has 6 nitrogen and oxygen atoms in total. The first-order valence-corrected chi connectivity index (χ1v) is 8.94. The summed E-state index contributed by atoms with van der Waals surface area (Å²) in [4.78, 5) is 4.82. The number of rotatable bonds is 6. The second kappa shape index (κ2) is 8.84. The van der Waals surface area contributed by atoms with E-state index in [0.29, 0.717) is 23.0 Å². The average molecular weight is 452 g/mol. The molecule has 1 fully saturated rings. The largest absolute Gasteiger partial charge is 0.357 e. The molecule has 0 spiro atoms. The summed E-state index contributed by atoms with van der Waals surface area (Å²) in [6, 6.07) is 7.50. The van der Waals surface area contributed by atoms with Gasteiger partial charge >= 0.3 is 0 Å². The van der Waals surface area contributed by atoms with Gasteiger partial charge in [-0.15, -0.1) is 24.0 Å². The van der Waals surface area contributed by atoms with Crippen LogP contribution < -0.4 is 10.6 Å². The molecule has 1 aliphatic rings. The SMILES string of the molecule is CCNC(=NCc1ccccc1S(=O)(=O)N(C)C)NC1CC1.I. The maximum Gasteiger partial charge on any atom is 0.242 e. The van der Waals surface area contributed by atoms with Gasteiger partial charge in [0.1, 0.15) is 0 Å². The summed E-state index contributed by atoms with van der Waals surface area (Å²) >= 11 is 0. The van der Waals surface area contributed by atoms with E-state index in [4.69, 9.17) is 0 Å². The third-order valence-electron chi connectivity index (χ3n) is 3.40. The molecule has 1 aromatic rings. The molecule has 0 heterocycles. The second-order valence-electron chi connectivity index (χ2n) is 5.51. The van der Waals surface area contributed by atoms with E-state index in [-0.39, 0.29) is 24.0 Å². The van der Waals surface area contributed by atoms with Crippen LogP contribution in [-0.4, -0.2) is 45.4 Å². The number of sulfonamides is 1. The van der Waals surface area contributed by atoms with Gasteiger partial charge in [-0.05, 0) is 31.4 Å². The number of guanidine groups is 1. The number of hydrogen-bond acceptors (Lipinski definition) is 3. The third-order valence-corrected chi connectivity index (χ3v) is 5.32. The molecule has 2 N–H and O–H groups in total. The Morgan fingerprint density at radius 3 is 2.52 bits per heavy atom. The fourth-order valence-electron chi connectivity index (χ4n) is 1.99. The maximum atomic E-state index is 12.4. The molecule has 2 rings (SSSR count). The minimum absolute atomic E-state index is 0. The number of benzene rings is 1. The molecule has 130 valence electrons. The molecule has 0 bridgehead atoms. The molecule has 1 aliphatic carbocycles. The highest BCUT2D eigenvalue weighted by molar-refractivity contribution is 14.0. The van der Waals surface area contributed by atoms with Crippen molar-refractivity contribution < 1.29 is 8.42 Å². The predicted molar refractivity (Wildman–Crippen MR) is 104 cm³/mol. The smallest absolute Gasteiger partial charge is 0.242 e. The summed E-state index contributed by atoms with van der Waals surface area (Å²) in [5, 5.41) is 6.51. The van der Waals surface area contributed by atoms with Crippen LogP contribution in [0.1, 0.15) is 25.3 Å². The summed E-state index contributed by atoms with van der Waals surface area (Å²) in [6.07, 6.45) is 2.33. The molecular formula is C15H25IN4O2S. The Morgan fingerprint density at radius 1 is 1.30 bits per heavy atom. The van der Waals surface area contributed by atoms with Crippen molar-refractivity contribution in [2.75, 3.05) is 20.6 Å². The molecule has 0 radical (unpaired) electrons. The Bertz CT molecular complexity index is 643. The molecule has 0 unspecified atom stereocenters. The first-order valence-electron chi connectivity index (χ1n) is 7.50. The maximum absolute atomic E-state index is 12.4. The highest BCUT2D eigenvalue weighted by atomic mass is 127. The van der Waals surface area contributed by atoms with Gasteiger partial charge in [0.05, 0.1) is 11.4 Å². The molecular weight excluding hydrogens is 427 g/mol. The van der Waals surface area contributed by atoms with Gasteiger partial charge < -0.3 is 10.6 Å². The Labute approximate surface area is 155 Å². The monoisotopic (exact) mass is 452 g/mol. The molecule has 8 heteroatoms. The highest BCUT2D eigenvalue weighted by Crippen LogP contribution is 2.20. The number of halogens is 1. The summed E-state index contributed by atoms with van der Waals surface area (Å²) in [6.45, 7) is 3.11. The van der Waals surface area contributed by atoms with Crippen LogP contribution >= 0.6 is 24.0 Å². The van der Waals surface area contributed by atoms with Crippen LogP contribution in [0.4, 0.5) is 0 Å². The van der Waals surface area contributed by atoms with E-state index < -0.39 is 10.0 Å². The van der Waals surface area contributed by atoms with E-state index in [1.165, 1.54) is 18.4 Å². The Balaban J connectivity index is 0.00000264. The van der Waals surface area contributed by atoms with Gasteiger partial charge in [0.15, 0.2) is 5.96 Å². The fraction of sp³-hybridized carbons (Fsp3) is 0.533. The van der Waals surface area contributed by atoms with Gasteiger partial charge in [0, 0.05) is 26.7 Å². The van der Waals surface area contributed by atoms with Gasteiger partial charge in [0.2, 0.25) is 10.0 Å². The zero-order valence-electron chi connectivity index (χ0n) is 13.7. The van der Waals surface area contributed by atoms with Crippen LogP contribution in [0.5, 0.6) is 0 Å². The molecule has 0 aromatic heterocycles. The van der Waals surface area contributed by atoms with Gasteiger partial charge in [-0.2, -0.15) is 0 Å². The minimum Gasteiger partial charge on any atom is -0.357 e. The minimum atomic E-state index is -3.46. The fourth-order valence-corrected chi connectivity index (χ4v) is 3.10. The van der Waals surface area contributed by atoms with Crippen LogP contribution in [0.25, 0.3) is 0 Å². The molecule has 1 saturated carbocycles. The van der Waals surface area contributed by atoms with Crippen LogP contribution in [0.3, 0.4) is 0 Å². The lowest BCUT2D eigenvalue weighted by atomic mass is 10.2. The lowest BCUT2D eigenvalue weighted by Crippen LogP contribution is -2.38. The van der Waals surface area contributed by atoms with E-state index in [0.717, 1.165) is 25.3 Å². The van der Waals surface area contributed by atoms with Crippen molar-refractivity contribution in [3.8, 4) is 0 Å². The van der Waals surface area contributed by atoms with E-state index in [2.05, 4.69) is 15.6 Å². The van der Waals surface area contributed by atoms with Crippen LogP contribution in [0.2, 0.25) is 0 Å². The van der Waals surface area contributed by atoms with E-state index in [1.807, 2.05) is 13.0 Å². The topological polar surface area (TPSA) is 73.8 Å². The quantitative estimate of drug-likeness (QED) is 0.392. The van der Waals surface area contributed by atoms with Crippen molar-refractivity contribution in [1.29, 1.82) is 0 Å². The van der Waals surface area contributed by atoms with E-state index >= 15 is 0 Å². The van der Waals surface area contributed by atoms with Gasteiger partial charge in [-0.3, -0.25) is 0 Å². The van der Waals surface area contributed by atoms with Crippen molar-refractivity contribution in [3.05, 3.63) is 29.8 Å².